The van der Waals surface area contributed by atoms with Gasteiger partial charge in [0.1, 0.15) is 6.04 Å². The van der Waals surface area contributed by atoms with Gasteiger partial charge in [-0.15, -0.1) is 0 Å². The van der Waals surface area contributed by atoms with Crippen molar-refractivity contribution in [1.82, 2.24) is 5.32 Å². The van der Waals surface area contributed by atoms with Crippen molar-refractivity contribution in [2.75, 3.05) is 13.4 Å². The number of amides is 1. The van der Waals surface area contributed by atoms with Crippen molar-refractivity contribution in [2.45, 2.75) is 51.5 Å². The van der Waals surface area contributed by atoms with E-state index < -0.39 is 12.0 Å². The zero-order valence-electron chi connectivity index (χ0n) is 17.1. The molecule has 1 aromatic carbocycles. The Kier molecular flexibility index (Phi) is 4.71. The van der Waals surface area contributed by atoms with Crippen LogP contribution in [-0.4, -0.2) is 37.1 Å². The maximum atomic E-state index is 13.1. The normalized spacial score (nSPS) is 31.3. The second-order valence-corrected chi connectivity index (χ2v) is 9.49. The molecule has 4 bridgehead atoms. The highest BCUT2D eigenvalue weighted by Gasteiger charge is 2.54. The quantitative estimate of drug-likeness (QED) is 0.570. The number of hydrogen-bond donors (Lipinski definition) is 1. The van der Waals surface area contributed by atoms with Crippen molar-refractivity contribution in [1.29, 1.82) is 0 Å². The Balaban J connectivity index is 1.15. The Morgan fingerprint density at radius 3 is 2.37 bits per heavy atom. The van der Waals surface area contributed by atoms with Crippen molar-refractivity contribution >= 4 is 17.7 Å². The van der Waals surface area contributed by atoms with Crippen LogP contribution in [0.3, 0.4) is 0 Å². The van der Waals surface area contributed by atoms with Crippen molar-refractivity contribution in [2.24, 2.45) is 23.2 Å². The summed E-state index contributed by atoms with van der Waals surface area (Å²) in [6, 6.07) is 4.07. The van der Waals surface area contributed by atoms with Gasteiger partial charge in [-0.25, -0.2) is 4.79 Å². The lowest BCUT2D eigenvalue weighted by atomic mass is 9.49. The fourth-order valence-corrected chi connectivity index (χ4v) is 6.21. The van der Waals surface area contributed by atoms with E-state index in [1.54, 1.807) is 25.1 Å². The minimum absolute atomic E-state index is 0.0202. The first kappa shape index (κ1) is 19.4. The van der Waals surface area contributed by atoms with Crippen LogP contribution in [0.4, 0.5) is 0 Å². The highest BCUT2D eigenvalue weighted by Crippen LogP contribution is 2.60. The molecule has 0 unspecified atom stereocenters. The van der Waals surface area contributed by atoms with Gasteiger partial charge in [-0.3, -0.25) is 9.59 Å². The van der Waals surface area contributed by atoms with Gasteiger partial charge >= 0.3 is 5.97 Å². The lowest BCUT2D eigenvalue weighted by Crippen LogP contribution is -2.56. The molecule has 7 heteroatoms. The molecule has 1 N–H and O–H groups in total. The highest BCUT2D eigenvalue weighted by molar-refractivity contribution is 5.99. The molecule has 30 heavy (non-hydrogen) atoms. The standard InChI is InChI=1S/C23H27NO6/c1-13(24-22(27)23-8-14-4-15(9-23)6-16(5-14)10-23)21(26)28-11-18(25)17-2-3-19-20(7-17)30-12-29-19/h2-3,7,13-16H,4-6,8-12H2,1H3,(H,24,27)/t13-,14?,15?,16?,23?/m0/s1. The minimum Gasteiger partial charge on any atom is -0.456 e. The first-order valence-corrected chi connectivity index (χ1v) is 10.8. The Morgan fingerprint density at radius 1 is 1.07 bits per heavy atom. The SMILES string of the molecule is C[C@H](NC(=O)C12CC3CC(CC(C3)C1)C2)C(=O)OCC(=O)c1ccc2c(c1)OCO2. The molecular formula is C23H27NO6. The van der Waals surface area contributed by atoms with Crippen molar-refractivity contribution in [3.05, 3.63) is 23.8 Å². The molecule has 1 atom stereocenters. The molecule has 0 aromatic heterocycles. The van der Waals surface area contributed by atoms with Crippen LogP contribution < -0.4 is 14.8 Å². The topological polar surface area (TPSA) is 90.9 Å². The zero-order chi connectivity index (χ0) is 20.9. The van der Waals surface area contributed by atoms with E-state index in [0.29, 0.717) is 34.8 Å². The summed E-state index contributed by atoms with van der Waals surface area (Å²) in [4.78, 5) is 37.8. The second-order valence-electron chi connectivity index (χ2n) is 9.49. The fraction of sp³-hybridized carbons (Fsp3) is 0.609. The largest absolute Gasteiger partial charge is 0.456 e. The summed E-state index contributed by atoms with van der Waals surface area (Å²) in [6.07, 6.45) is 6.59. The number of rotatable bonds is 6. The molecule has 5 aliphatic rings. The number of benzene rings is 1. The average Bonchev–Trinajstić information content (AvgIpc) is 3.18. The number of hydrogen-bond acceptors (Lipinski definition) is 6. The third-order valence-electron chi connectivity index (χ3n) is 7.26. The van der Waals surface area contributed by atoms with E-state index in [9.17, 15) is 14.4 Å². The molecule has 1 aliphatic heterocycles. The van der Waals surface area contributed by atoms with E-state index in [1.807, 2.05) is 0 Å². The second kappa shape index (κ2) is 7.29. The number of Topliss-reactive ketones (excluding diaryl/α,β-unsaturated/α-hetero) is 1. The van der Waals surface area contributed by atoms with Gasteiger partial charge in [0, 0.05) is 11.0 Å². The first-order chi connectivity index (χ1) is 14.4. The molecule has 0 saturated heterocycles. The van der Waals surface area contributed by atoms with Crippen LogP contribution in [0.15, 0.2) is 18.2 Å². The number of carbonyl (C=O) groups is 3. The molecule has 4 saturated carbocycles. The van der Waals surface area contributed by atoms with Crippen molar-refractivity contribution in [3.63, 3.8) is 0 Å². The monoisotopic (exact) mass is 413 g/mol. The fourth-order valence-electron chi connectivity index (χ4n) is 6.21. The maximum absolute atomic E-state index is 13.1. The van der Waals surface area contributed by atoms with Crippen LogP contribution >= 0.6 is 0 Å². The molecule has 1 heterocycles. The Morgan fingerprint density at radius 2 is 1.70 bits per heavy atom. The van der Waals surface area contributed by atoms with E-state index in [-0.39, 0.29) is 30.5 Å². The molecule has 0 spiro atoms. The number of ketones is 1. The van der Waals surface area contributed by atoms with Gasteiger partial charge in [0.25, 0.3) is 0 Å². The highest BCUT2D eigenvalue weighted by atomic mass is 16.7. The first-order valence-electron chi connectivity index (χ1n) is 10.8. The van der Waals surface area contributed by atoms with E-state index in [1.165, 1.54) is 19.3 Å². The molecule has 4 fully saturated rings. The van der Waals surface area contributed by atoms with Crippen LogP contribution in [-0.2, 0) is 14.3 Å². The van der Waals surface area contributed by atoms with Gasteiger partial charge in [-0.2, -0.15) is 0 Å². The van der Waals surface area contributed by atoms with Crippen LogP contribution in [0.25, 0.3) is 0 Å². The summed E-state index contributed by atoms with van der Waals surface area (Å²) in [5.74, 6) is 2.11. The van der Waals surface area contributed by atoms with Crippen LogP contribution in [0.1, 0.15) is 55.8 Å². The van der Waals surface area contributed by atoms with Crippen LogP contribution in [0.2, 0.25) is 0 Å². The van der Waals surface area contributed by atoms with E-state index >= 15 is 0 Å². The number of esters is 1. The third kappa shape index (κ3) is 3.44. The lowest BCUT2D eigenvalue weighted by molar-refractivity contribution is -0.153. The average molecular weight is 413 g/mol. The number of fused-ring (bicyclic) bond motifs is 1. The van der Waals surface area contributed by atoms with Crippen LogP contribution in [0.5, 0.6) is 11.5 Å². The number of carbonyl (C=O) groups excluding carboxylic acids is 3. The zero-order valence-corrected chi connectivity index (χ0v) is 17.1. The Bertz CT molecular complexity index is 858. The predicted molar refractivity (Wildman–Crippen MR) is 106 cm³/mol. The summed E-state index contributed by atoms with van der Waals surface area (Å²) in [5.41, 5.74) is 0.0725. The summed E-state index contributed by atoms with van der Waals surface area (Å²) < 4.78 is 15.7. The summed E-state index contributed by atoms with van der Waals surface area (Å²) in [5, 5.41) is 2.87. The van der Waals surface area contributed by atoms with E-state index in [4.69, 9.17) is 14.2 Å². The van der Waals surface area contributed by atoms with Gasteiger partial charge in [0.15, 0.2) is 23.9 Å². The van der Waals surface area contributed by atoms with Gasteiger partial charge in [-0.1, -0.05) is 0 Å². The summed E-state index contributed by atoms with van der Waals surface area (Å²) in [6.45, 7) is 1.37. The van der Waals surface area contributed by atoms with Crippen molar-refractivity contribution in [3.8, 4) is 11.5 Å². The Hall–Kier alpha value is -2.57. The summed E-state index contributed by atoms with van der Waals surface area (Å²) >= 11 is 0. The molecular weight excluding hydrogens is 386 g/mol. The molecule has 6 rings (SSSR count). The number of ether oxygens (including phenoxy) is 3. The predicted octanol–water partition coefficient (Wildman–Crippen LogP) is 2.86. The van der Waals surface area contributed by atoms with E-state index in [2.05, 4.69) is 5.32 Å². The van der Waals surface area contributed by atoms with Crippen molar-refractivity contribution < 1.29 is 28.6 Å². The molecule has 1 amide bonds. The molecule has 4 aliphatic carbocycles. The smallest absolute Gasteiger partial charge is 0.328 e. The van der Waals surface area contributed by atoms with Gasteiger partial charge in [-0.05, 0) is 81.4 Å². The molecule has 160 valence electrons. The summed E-state index contributed by atoms with van der Waals surface area (Å²) in [7, 11) is 0. The molecule has 0 radical (unpaired) electrons. The van der Waals surface area contributed by atoms with Crippen LogP contribution in [0, 0.1) is 23.2 Å². The van der Waals surface area contributed by atoms with Gasteiger partial charge in [0.05, 0.1) is 0 Å². The molecule has 1 aromatic rings. The lowest BCUT2D eigenvalue weighted by Gasteiger charge is -2.55. The van der Waals surface area contributed by atoms with Gasteiger partial charge < -0.3 is 19.5 Å². The minimum atomic E-state index is -0.782. The van der Waals surface area contributed by atoms with Gasteiger partial charge in [0.2, 0.25) is 12.7 Å². The molecule has 7 nitrogen and oxygen atoms in total. The number of nitrogens with one attached hydrogen (secondary N) is 1. The Labute approximate surface area is 175 Å². The van der Waals surface area contributed by atoms with E-state index in [0.717, 1.165) is 19.3 Å². The third-order valence-corrected chi connectivity index (χ3v) is 7.26. The maximum Gasteiger partial charge on any atom is 0.328 e.